The van der Waals surface area contributed by atoms with Gasteiger partial charge in [-0.2, -0.15) is 0 Å². The second kappa shape index (κ2) is 6.62. The minimum absolute atomic E-state index is 0.0853. The van der Waals surface area contributed by atoms with E-state index in [2.05, 4.69) is 10.6 Å². The summed E-state index contributed by atoms with van der Waals surface area (Å²) in [6.45, 7) is 0.660. The Balaban J connectivity index is 1.22. The molecule has 6 rings (SSSR count). The summed E-state index contributed by atoms with van der Waals surface area (Å²) in [5.74, 6) is 2.41. The molecule has 0 radical (unpaired) electrons. The van der Waals surface area contributed by atoms with Crippen LogP contribution in [0.15, 0.2) is 24.3 Å². The van der Waals surface area contributed by atoms with E-state index in [-0.39, 0.29) is 23.3 Å². The van der Waals surface area contributed by atoms with Gasteiger partial charge in [0.25, 0.3) is 5.91 Å². The van der Waals surface area contributed by atoms with Gasteiger partial charge < -0.3 is 15.4 Å². The molecule has 1 atom stereocenters. The Kier molecular flexibility index (Phi) is 4.23. The second-order valence-corrected chi connectivity index (χ2v) is 9.22. The molecule has 1 aromatic rings. The van der Waals surface area contributed by atoms with E-state index in [0.29, 0.717) is 6.61 Å². The molecule has 5 fully saturated rings. The molecule has 0 unspecified atom stereocenters. The Morgan fingerprint density at radius 2 is 1.44 bits per heavy atom. The van der Waals surface area contributed by atoms with Gasteiger partial charge >= 0.3 is 0 Å². The Hall–Kier alpha value is -1.88. The fourth-order valence-electron chi connectivity index (χ4n) is 6.30. The third kappa shape index (κ3) is 3.27. The standard InChI is InChI=1S/C22H28N2O3/c25-20(19-2-1-7-27-19)23-17-3-5-18(6-4-17)24-21(26)22-11-14-8-15(12-22)10-16(9-14)13-22/h3-6,14-16,19H,1-2,7-13H2,(H,23,25)(H,24,26)/t14?,15?,16?,19-,22?/m0/s1. The fourth-order valence-corrected chi connectivity index (χ4v) is 6.30. The lowest BCUT2D eigenvalue weighted by atomic mass is 9.49. The summed E-state index contributed by atoms with van der Waals surface area (Å²) in [4.78, 5) is 25.2. The smallest absolute Gasteiger partial charge is 0.253 e. The number of amides is 2. The molecule has 5 aliphatic rings. The number of carbonyl (C=O) groups excluding carboxylic acids is 2. The summed E-state index contributed by atoms with van der Waals surface area (Å²) in [5, 5.41) is 6.05. The number of rotatable bonds is 4. The second-order valence-electron chi connectivity index (χ2n) is 9.22. The van der Waals surface area contributed by atoms with Crippen LogP contribution in [0.3, 0.4) is 0 Å². The Labute approximate surface area is 160 Å². The lowest BCUT2D eigenvalue weighted by Crippen LogP contribution is -2.51. The van der Waals surface area contributed by atoms with Crippen LogP contribution in [0.4, 0.5) is 11.4 Å². The number of carbonyl (C=O) groups is 2. The minimum atomic E-state index is -0.333. The quantitative estimate of drug-likeness (QED) is 0.845. The lowest BCUT2D eigenvalue weighted by molar-refractivity contribution is -0.140. The van der Waals surface area contributed by atoms with Crippen molar-refractivity contribution >= 4 is 23.2 Å². The van der Waals surface area contributed by atoms with E-state index in [1.807, 2.05) is 24.3 Å². The zero-order chi connectivity index (χ0) is 18.4. The van der Waals surface area contributed by atoms with Crippen molar-refractivity contribution in [3.8, 4) is 0 Å². The monoisotopic (exact) mass is 368 g/mol. The largest absolute Gasteiger partial charge is 0.368 e. The van der Waals surface area contributed by atoms with Gasteiger partial charge in [0.05, 0.1) is 5.41 Å². The molecule has 144 valence electrons. The van der Waals surface area contributed by atoms with Gasteiger partial charge in [-0.25, -0.2) is 0 Å². The number of hydrogen-bond acceptors (Lipinski definition) is 3. The molecule has 2 amide bonds. The molecule has 27 heavy (non-hydrogen) atoms. The first-order chi connectivity index (χ1) is 13.1. The Morgan fingerprint density at radius 3 is 1.96 bits per heavy atom. The van der Waals surface area contributed by atoms with E-state index in [9.17, 15) is 9.59 Å². The van der Waals surface area contributed by atoms with Crippen LogP contribution in [0.25, 0.3) is 0 Å². The molecule has 4 bridgehead atoms. The summed E-state index contributed by atoms with van der Waals surface area (Å²) >= 11 is 0. The van der Waals surface area contributed by atoms with Gasteiger partial charge in [-0.1, -0.05) is 0 Å². The first kappa shape index (κ1) is 17.2. The van der Waals surface area contributed by atoms with Crippen molar-refractivity contribution in [1.82, 2.24) is 0 Å². The van der Waals surface area contributed by atoms with Gasteiger partial charge in [0.1, 0.15) is 6.10 Å². The number of anilines is 2. The topological polar surface area (TPSA) is 67.4 Å². The van der Waals surface area contributed by atoms with Crippen LogP contribution < -0.4 is 10.6 Å². The lowest BCUT2D eigenvalue weighted by Gasteiger charge is -2.55. The SMILES string of the molecule is O=C(Nc1ccc(NC(=O)C23CC4CC(CC(C4)C2)C3)cc1)[C@@H]1CCCO1. The normalized spacial score (nSPS) is 36.6. The van der Waals surface area contributed by atoms with E-state index in [1.54, 1.807) is 0 Å². The van der Waals surface area contributed by atoms with Gasteiger partial charge in [0, 0.05) is 18.0 Å². The maximum absolute atomic E-state index is 13.1. The molecule has 1 saturated heterocycles. The zero-order valence-corrected chi connectivity index (χ0v) is 15.7. The van der Waals surface area contributed by atoms with E-state index in [0.717, 1.165) is 61.2 Å². The molecule has 1 heterocycles. The Morgan fingerprint density at radius 1 is 0.889 bits per heavy atom. The van der Waals surface area contributed by atoms with Crippen molar-refractivity contribution in [2.45, 2.75) is 57.5 Å². The Bertz CT molecular complexity index is 701. The fraction of sp³-hybridized carbons (Fsp3) is 0.636. The van der Waals surface area contributed by atoms with Crippen LogP contribution in [-0.4, -0.2) is 24.5 Å². The van der Waals surface area contributed by atoms with Crippen molar-refractivity contribution in [1.29, 1.82) is 0 Å². The van der Waals surface area contributed by atoms with E-state index < -0.39 is 0 Å². The van der Waals surface area contributed by atoms with Gasteiger partial charge in [0.2, 0.25) is 5.91 Å². The van der Waals surface area contributed by atoms with E-state index in [4.69, 9.17) is 4.74 Å². The molecule has 0 aromatic heterocycles. The number of ether oxygens (including phenoxy) is 1. The zero-order valence-electron chi connectivity index (χ0n) is 15.7. The summed E-state index contributed by atoms with van der Waals surface area (Å²) in [6.07, 6.45) is 8.61. The molecule has 1 aromatic carbocycles. The van der Waals surface area contributed by atoms with Crippen LogP contribution in [0.1, 0.15) is 51.4 Å². The van der Waals surface area contributed by atoms with Gasteiger partial charge in [0.15, 0.2) is 0 Å². The molecule has 0 spiro atoms. The summed E-state index contributed by atoms with van der Waals surface area (Å²) < 4.78 is 5.41. The van der Waals surface area contributed by atoms with E-state index in [1.165, 1.54) is 19.3 Å². The number of nitrogens with one attached hydrogen (secondary N) is 2. The molecular weight excluding hydrogens is 340 g/mol. The number of benzene rings is 1. The third-order valence-electron chi connectivity index (χ3n) is 7.15. The van der Waals surface area contributed by atoms with Crippen molar-refractivity contribution < 1.29 is 14.3 Å². The average molecular weight is 368 g/mol. The predicted molar refractivity (Wildman–Crippen MR) is 103 cm³/mol. The van der Waals surface area contributed by atoms with Crippen molar-refractivity contribution in [3.05, 3.63) is 24.3 Å². The predicted octanol–water partition coefficient (Wildman–Crippen LogP) is 3.96. The highest BCUT2D eigenvalue weighted by molar-refractivity contribution is 5.97. The summed E-state index contributed by atoms with van der Waals surface area (Å²) in [6, 6.07) is 7.46. The average Bonchev–Trinajstić information content (AvgIpc) is 3.17. The molecule has 2 N–H and O–H groups in total. The molecule has 4 saturated carbocycles. The van der Waals surface area contributed by atoms with Crippen molar-refractivity contribution in [3.63, 3.8) is 0 Å². The van der Waals surface area contributed by atoms with Crippen LogP contribution in [0.2, 0.25) is 0 Å². The summed E-state index contributed by atoms with van der Waals surface area (Å²) in [5.41, 5.74) is 1.41. The van der Waals surface area contributed by atoms with Crippen molar-refractivity contribution in [2.24, 2.45) is 23.2 Å². The molecule has 5 nitrogen and oxygen atoms in total. The first-order valence-corrected chi connectivity index (χ1v) is 10.4. The van der Waals surface area contributed by atoms with Crippen LogP contribution >= 0.6 is 0 Å². The highest BCUT2D eigenvalue weighted by Gasteiger charge is 2.54. The molecular formula is C22H28N2O3. The minimum Gasteiger partial charge on any atom is -0.368 e. The van der Waals surface area contributed by atoms with Crippen molar-refractivity contribution in [2.75, 3.05) is 17.2 Å². The van der Waals surface area contributed by atoms with Gasteiger partial charge in [-0.05, 0) is 93.4 Å². The van der Waals surface area contributed by atoms with Crippen LogP contribution in [-0.2, 0) is 14.3 Å². The first-order valence-electron chi connectivity index (χ1n) is 10.4. The highest BCUT2D eigenvalue weighted by atomic mass is 16.5. The summed E-state index contributed by atoms with van der Waals surface area (Å²) in [7, 11) is 0. The maximum Gasteiger partial charge on any atom is 0.253 e. The molecule has 1 aliphatic heterocycles. The van der Waals surface area contributed by atoms with E-state index >= 15 is 0 Å². The number of hydrogen-bond donors (Lipinski definition) is 2. The van der Waals surface area contributed by atoms with Crippen LogP contribution in [0.5, 0.6) is 0 Å². The molecule has 4 aliphatic carbocycles. The van der Waals surface area contributed by atoms with Gasteiger partial charge in [-0.3, -0.25) is 9.59 Å². The molecule has 5 heteroatoms. The third-order valence-corrected chi connectivity index (χ3v) is 7.15. The van der Waals surface area contributed by atoms with Crippen LogP contribution in [0, 0.1) is 23.2 Å². The van der Waals surface area contributed by atoms with Gasteiger partial charge in [-0.15, -0.1) is 0 Å². The maximum atomic E-state index is 13.1. The highest BCUT2D eigenvalue weighted by Crippen LogP contribution is 2.60.